The number of aliphatic carboxylic acids is 2. The number of carbonyl (C=O) groups is 2. The van der Waals surface area contributed by atoms with E-state index in [0.717, 1.165) is 6.92 Å². The molecule has 34 heavy (non-hydrogen) atoms. The molecule has 0 saturated carbocycles. The maximum atomic E-state index is 11.0. The monoisotopic (exact) mass is 568 g/mol. The predicted octanol–water partition coefficient (Wildman–Crippen LogP) is 0.812. The predicted molar refractivity (Wildman–Crippen MR) is 115 cm³/mol. The number of carboxylic acids is 2. The zero-order chi connectivity index (χ0) is 26.0. The van der Waals surface area contributed by atoms with E-state index in [2.05, 4.69) is 13.4 Å². The molecular weight excluding hydrogens is 533 g/mol. The second-order valence-electron chi connectivity index (χ2n) is 6.83. The standard InChI is InChI=1S/C6H14O10P2.C6H13O7P.2CH4/c1-6(9,4-5(7)8)2-3-15-18(13,14)16-17(10,11)12;1-6(9,4-5(7)8)2-3-13-14(10,11)12;;/h9H,2-4H2,1H3,(H,7,8)(H,13,14)(H2,10,11,12);9H,2-4H2,1H3,(H,7,8)(H2,10,11,12);2*1H4/t2*6-;;/m11../s1. The second-order valence-corrected chi connectivity index (χ2v) is 10.9. The molecule has 9 N–H and O–H groups in total. The lowest BCUT2D eigenvalue weighted by Gasteiger charge is -2.21. The highest BCUT2D eigenvalue weighted by Crippen LogP contribution is 2.57. The van der Waals surface area contributed by atoms with Crippen LogP contribution in [0.5, 0.6) is 0 Å². The van der Waals surface area contributed by atoms with Crippen LogP contribution in [-0.2, 0) is 36.6 Å². The fourth-order valence-corrected chi connectivity index (χ4v) is 3.67. The molecule has 20 heteroatoms. The van der Waals surface area contributed by atoms with Gasteiger partial charge in [0.2, 0.25) is 0 Å². The van der Waals surface area contributed by atoms with Crippen LogP contribution in [0.3, 0.4) is 0 Å². The molecule has 0 heterocycles. The maximum Gasteiger partial charge on any atom is 0.481 e. The molecule has 208 valence electrons. The van der Waals surface area contributed by atoms with Gasteiger partial charge in [0.05, 0.1) is 37.3 Å². The van der Waals surface area contributed by atoms with E-state index in [9.17, 15) is 33.5 Å². The van der Waals surface area contributed by atoms with E-state index in [-0.39, 0.29) is 27.7 Å². The Morgan fingerprint density at radius 3 is 1.29 bits per heavy atom. The summed E-state index contributed by atoms with van der Waals surface area (Å²) in [6.07, 6.45) is -1.62. The summed E-state index contributed by atoms with van der Waals surface area (Å²) in [5, 5.41) is 35.6. The number of aliphatic hydroxyl groups is 2. The van der Waals surface area contributed by atoms with E-state index in [4.69, 9.17) is 34.7 Å². The summed E-state index contributed by atoms with van der Waals surface area (Å²) in [4.78, 5) is 62.5. The molecule has 0 saturated heterocycles. The Bertz CT molecular complexity index is 753. The first-order chi connectivity index (χ1) is 14.0. The van der Waals surface area contributed by atoms with E-state index in [0.29, 0.717) is 0 Å². The zero-order valence-electron chi connectivity index (χ0n) is 16.9. The Morgan fingerprint density at radius 2 is 1.03 bits per heavy atom. The Balaban J connectivity index is -0.000000257. The van der Waals surface area contributed by atoms with Gasteiger partial charge >= 0.3 is 35.4 Å². The van der Waals surface area contributed by atoms with Crippen LogP contribution in [0, 0.1) is 0 Å². The minimum absolute atomic E-state index is 0. The van der Waals surface area contributed by atoms with E-state index in [1.54, 1.807) is 0 Å². The van der Waals surface area contributed by atoms with Crippen molar-refractivity contribution in [1.82, 2.24) is 0 Å². The normalized spacial score (nSPS) is 16.7. The van der Waals surface area contributed by atoms with Crippen LogP contribution < -0.4 is 0 Å². The van der Waals surface area contributed by atoms with Gasteiger partial charge < -0.3 is 44.9 Å². The molecule has 3 atom stereocenters. The quantitative estimate of drug-likeness (QED) is 0.131. The van der Waals surface area contributed by atoms with Crippen molar-refractivity contribution in [2.24, 2.45) is 0 Å². The Kier molecular flexibility index (Phi) is 19.1. The van der Waals surface area contributed by atoms with Crippen molar-refractivity contribution in [1.29, 1.82) is 0 Å². The van der Waals surface area contributed by atoms with Crippen molar-refractivity contribution in [3.05, 3.63) is 0 Å². The average molecular weight is 568 g/mol. The van der Waals surface area contributed by atoms with Gasteiger partial charge in [0.25, 0.3) is 0 Å². The van der Waals surface area contributed by atoms with Crippen LogP contribution in [0.25, 0.3) is 0 Å². The minimum Gasteiger partial charge on any atom is -0.481 e. The van der Waals surface area contributed by atoms with Crippen molar-refractivity contribution in [2.45, 2.75) is 65.6 Å². The lowest BCUT2D eigenvalue weighted by Crippen LogP contribution is -2.29. The summed E-state index contributed by atoms with van der Waals surface area (Å²) in [7, 11) is -14.7. The van der Waals surface area contributed by atoms with E-state index < -0.39 is 72.7 Å². The van der Waals surface area contributed by atoms with Crippen LogP contribution in [0.4, 0.5) is 0 Å². The first-order valence-electron chi connectivity index (χ1n) is 8.28. The zero-order valence-corrected chi connectivity index (χ0v) is 19.6. The fourth-order valence-electron chi connectivity index (χ4n) is 1.75. The second kappa shape index (κ2) is 16.1. The lowest BCUT2D eigenvalue weighted by atomic mass is 9.99. The molecule has 0 amide bonds. The largest absolute Gasteiger partial charge is 0.481 e. The van der Waals surface area contributed by atoms with Gasteiger partial charge in [-0.3, -0.25) is 18.6 Å². The Morgan fingerprint density at radius 1 is 0.706 bits per heavy atom. The van der Waals surface area contributed by atoms with Gasteiger partial charge in [0.15, 0.2) is 0 Å². The summed E-state index contributed by atoms with van der Waals surface area (Å²) >= 11 is 0. The van der Waals surface area contributed by atoms with Gasteiger partial charge in [0.1, 0.15) is 0 Å². The maximum absolute atomic E-state index is 11.0. The van der Waals surface area contributed by atoms with Crippen LogP contribution >= 0.6 is 23.5 Å². The summed E-state index contributed by atoms with van der Waals surface area (Å²) in [6, 6.07) is 0. The molecule has 0 aromatic heterocycles. The molecule has 0 fully saturated rings. The molecule has 0 radical (unpaired) electrons. The number of hydrogen-bond donors (Lipinski definition) is 9. The van der Waals surface area contributed by atoms with Crippen LogP contribution in [0.1, 0.15) is 54.4 Å². The van der Waals surface area contributed by atoms with Gasteiger partial charge in [-0.1, -0.05) is 14.9 Å². The number of carboxylic acid groups (broad SMARTS) is 2. The van der Waals surface area contributed by atoms with Gasteiger partial charge in [-0.2, -0.15) is 4.31 Å². The Hall–Kier alpha value is -0.770. The van der Waals surface area contributed by atoms with Gasteiger partial charge in [-0.25, -0.2) is 13.7 Å². The van der Waals surface area contributed by atoms with E-state index in [1.807, 2.05) is 0 Å². The fraction of sp³-hybridized carbons (Fsp3) is 0.857. The smallest absolute Gasteiger partial charge is 0.481 e. The van der Waals surface area contributed by atoms with E-state index >= 15 is 0 Å². The summed E-state index contributed by atoms with van der Waals surface area (Å²) in [6.45, 7) is 1.40. The van der Waals surface area contributed by atoms with Crippen molar-refractivity contribution >= 4 is 35.4 Å². The van der Waals surface area contributed by atoms with Crippen LogP contribution in [0.15, 0.2) is 0 Å². The molecule has 17 nitrogen and oxygen atoms in total. The third-order valence-electron chi connectivity index (χ3n) is 3.07. The molecule has 0 aromatic carbocycles. The summed E-state index contributed by atoms with van der Waals surface area (Å²) in [5.41, 5.74) is -3.21. The lowest BCUT2D eigenvalue weighted by molar-refractivity contribution is -0.143. The molecular formula is C14H35O17P3. The molecule has 0 rings (SSSR count). The van der Waals surface area contributed by atoms with Crippen molar-refractivity contribution in [3.63, 3.8) is 0 Å². The molecule has 0 bridgehead atoms. The third kappa shape index (κ3) is 29.3. The van der Waals surface area contributed by atoms with Crippen LogP contribution in [-0.4, -0.2) is 81.2 Å². The number of rotatable bonds is 14. The summed E-state index contributed by atoms with van der Waals surface area (Å²) < 4.78 is 43.2. The van der Waals surface area contributed by atoms with Crippen molar-refractivity contribution in [2.75, 3.05) is 13.2 Å². The van der Waals surface area contributed by atoms with Crippen LogP contribution in [0.2, 0.25) is 0 Å². The molecule has 0 aromatic rings. The average Bonchev–Trinajstić information content (AvgIpc) is 2.39. The first-order valence-corrected chi connectivity index (χ1v) is 12.8. The molecule has 0 aliphatic heterocycles. The van der Waals surface area contributed by atoms with Gasteiger partial charge in [-0.05, 0) is 13.8 Å². The minimum atomic E-state index is -5.19. The summed E-state index contributed by atoms with van der Waals surface area (Å²) in [5.74, 6) is -2.47. The highest BCUT2D eigenvalue weighted by Gasteiger charge is 2.33. The van der Waals surface area contributed by atoms with Crippen molar-refractivity contribution in [3.8, 4) is 0 Å². The third-order valence-corrected chi connectivity index (χ3v) is 5.77. The first kappa shape index (κ1) is 40.4. The highest BCUT2D eigenvalue weighted by atomic mass is 31.3. The van der Waals surface area contributed by atoms with E-state index in [1.165, 1.54) is 6.92 Å². The molecule has 0 aliphatic carbocycles. The molecule has 0 aliphatic rings. The SMILES string of the molecule is C.C.C[C@@](O)(CCOP(=O)(O)O)CC(=O)O.C[C@@](O)(CCOP(=O)(O)OP(=O)(O)O)CC(=O)O. The molecule has 0 spiro atoms. The van der Waals surface area contributed by atoms with Crippen molar-refractivity contribution < 1.29 is 81.5 Å². The number of phosphoric ester groups is 2. The number of phosphoric acid groups is 3. The topological polar surface area (TPSA) is 295 Å². The molecule has 1 unspecified atom stereocenters. The highest BCUT2D eigenvalue weighted by molar-refractivity contribution is 7.60. The van der Waals surface area contributed by atoms with Gasteiger partial charge in [0, 0.05) is 12.8 Å². The van der Waals surface area contributed by atoms with Gasteiger partial charge in [-0.15, -0.1) is 0 Å². The number of hydrogen-bond acceptors (Lipinski definition) is 10. The Labute approximate surface area is 196 Å².